The van der Waals surface area contributed by atoms with Crippen LogP contribution in [0.3, 0.4) is 0 Å². The first-order chi connectivity index (χ1) is 8.06. The van der Waals surface area contributed by atoms with E-state index in [9.17, 15) is 9.50 Å². The van der Waals surface area contributed by atoms with Gasteiger partial charge in [0.25, 0.3) is 0 Å². The Labute approximate surface area is 107 Å². The van der Waals surface area contributed by atoms with Gasteiger partial charge < -0.3 is 5.11 Å². The smallest absolute Gasteiger partial charge is 0.124 e. The van der Waals surface area contributed by atoms with Crippen LogP contribution in [0.5, 0.6) is 0 Å². The summed E-state index contributed by atoms with van der Waals surface area (Å²) in [6, 6.07) is 4.55. The number of aromatic nitrogens is 2. The van der Waals surface area contributed by atoms with Crippen molar-refractivity contribution in [3.05, 3.63) is 52.0 Å². The highest BCUT2D eigenvalue weighted by Crippen LogP contribution is 2.19. The molecule has 0 amide bonds. The van der Waals surface area contributed by atoms with Crippen molar-refractivity contribution in [3.8, 4) is 0 Å². The van der Waals surface area contributed by atoms with Gasteiger partial charge >= 0.3 is 0 Å². The summed E-state index contributed by atoms with van der Waals surface area (Å²) in [6.45, 7) is 2.22. The number of aliphatic hydroxyl groups is 1. The van der Waals surface area contributed by atoms with E-state index in [4.69, 9.17) is 0 Å². The first-order valence-corrected chi connectivity index (χ1v) is 6.00. The number of hydrogen-bond donors (Lipinski definition) is 1. The first kappa shape index (κ1) is 12.3. The normalized spacial score (nSPS) is 12.7. The molecule has 0 saturated carbocycles. The molecule has 1 atom stereocenters. The highest BCUT2D eigenvalue weighted by molar-refractivity contribution is 9.10. The highest BCUT2D eigenvalue weighted by atomic mass is 79.9. The van der Waals surface area contributed by atoms with Gasteiger partial charge in [-0.25, -0.2) is 4.39 Å². The highest BCUT2D eigenvalue weighted by Gasteiger charge is 2.06. The fraction of sp³-hybridized carbons (Fsp3) is 0.250. The Morgan fingerprint density at radius 1 is 1.53 bits per heavy atom. The molecule has 1 heterocycles. The summed E-state index contributed by atoms with van der Waals surface area (Å²) in [7, 11) is 0. The van der Waals surface area contributed by atoms with Crippen LogP contribution in [-0.4, -0.2) is 14.9 Å². The Morgan fingerprint density at radius 2 is 2.29 bits per heavy atom. The lowest BCUT2D eigenvalue weighted by molar-refractivity contribution is 0.199. The third-order valence-electron chi connectivity index (χ3n) is 2.48. The summed E-state index contributed by atoms with van der Waals surface area (Å²) in [6.07, 6.45) is 2.88. The molecule has 2 aromatic rings. The van der Waals surface area contributed by atoms with Crippen LogP contribution in [0.15, 0.2) is 35.1 Å². The van der Waals surface area contributed by atoms with Crippen LogP contribution in [0, 0.1) is 5.82 Å². The lowest BCUT2D eigenvalue weighted by atomic mass is 10.2. The van der Waals surface area contributed by atoms with E-state index >= 15 is 0 Å². The molecule has 1 aromatic carbocycles. The van der Waals surface area contributed by atoms with Crippen molar-refractivity contribution in [1.82, 2.24) is 9.78 Å². The van der Waals surface area contributed by atoms with Gasteiger partial charge in [0.05, 0.1) is 18.8 Å². The minimum Gasteiger partial charge on any atom is -0.389 e. The van der Waals surface area contributed by atoms with Crippen LogP contribution < -0.4 is 0 Å². The number of rotatable bonds is 3. The molecule has 17 heavy (non-hydrogen) atoms. The van der Waals surface area contributed by atoms with Crippen LogP contribution in [-0.2, 0) is 6.54 Å². The van der Waals surface area contributed by atoms with E-state index in [1.54, 1.807) is 30.1 Å². The van der Waals surface area contributed by atoms with Crippen molar-refractivity contribution in [2.45, 2.75) is 19.6 Å². The van der Waals surface area contributed by atoms with Crippen LogP contribution in [0.2, 0.25) is 0 Å². The van der Waals surface area contributed by atoms with Gasteiger partial charge in [-0.3, -0.25) is 4.68 Å². The molecule has 2 rings (SSSR count). The molecule has 5 heteroatoms. The van der Waals surface area contributed by atoms with E-state index in [-0.39, 0.29) is 5.82 Å². The molecule has 0 aliphatic rings. The van der Waals surface area contributed by atoms with Gasteiger partial charge in [-0.1, -0.05) is 22.0 Å². The Kier molecular flexibility index (Phi) is 3.59. The number of nitrogens with zero attached hydrogens (tertiary/aromatic N) is 2. The molecule has 0 aliphatic heterocycles. The Morgan fingerprint density at radius 3 is 2.88 bits per heavy atom. The van der Waals surface area contributed by atoms with Crippen LogP contribution >= 0.6 is 15.9 Å². The average molecular weight is 299 g/mol. The molecule has 0 fully saturated rings. The Balaban J connectivity index is 2.19. The van der Waals surface area contributed by atoms with Crippen molar-refractivity contribution in [2.24, 2.45) is 0 Å². The maximum Gasteiger partial charge on any atom is 0.124 e. The van der Waals surface area contributed by atoms with E-state index < -0.39 is 6.10 Å². The van der Waals surface area contributed by atoms with Crippen LogP contribution in [0.1, 0.15) is 24.2 Å². The predicted octanol–water partition coefficient (Wildman–Crippen LogP) is 2.89. The largest absolute Gasteiger partial charge is 0.389 e. The van der Waals surface area contributed by atoms with E-state index in [1.807, 2.05) is 0 Å². The molecule has 0 aliphatic carbocycles. The van der Waals surface area contributed by atoms with Crippen molar-refractivity contribution < 1.29 is 9.50 Å². The average Bonchev–Trinajstić information content (AvgIpc) is 2.71. The SMILES string of the molecule is CC(O)c1cnn(Cc2ccc(F)cc2Br)c1. The second kappa shape index (κ2) is 4.98. The second-order valence-corrected chi connectivity index (χ2v) is 4.74. The monoisotopic (exact) mass is 298 g/mol. The van der Waals surface area contributed by atoms with Gasteiger partial charge in [-0.15, -0.1) is 0 Å². The summed E-state index contributed by atoms with van der Waals surface area (Å²) in [5.74, 6) is -0.272. The lowest BCUT2D eigenvalue weighted by Crippen LogP contribution is -2.01. The molecular formula is C12H12BrFN2O. The van der Waals surface area contributed by atoms with Gasteiger partial charge in [-0.05, 0) is 24.6 Å². The number of halogens is 2. The molecular weight excluding hydrogens is 287 g/mol. The summed E-state index contributed by atoms with van der Waals surface area (Å²) in [4.78, 5) is 0. The molecule has 1 unspecified atom stereocenters. The van der Waals surface area contributed by atoms with Crippen LogP contribution in [0.25, 0.3) is 0 Å². The topological polar surface area (TPSA) is 38.1 Å². The zero-order valence-corrected chi connectivity index (χ0v) is 10.9. The first-order valence-electron chi connectivity index (χ1n) is 5.20. The van der Waals surface area contributed by atoms with E-state index in [2.05, 4.69) is 21.0 Å². The summed E-state index contributed by atoms with van der Waals surface area (Å²) in [5, 5.41) is 13.5. The van der Waals surface area contributed by atoms with E-state index in [0.29, 0.717) is 11.0 Å². The molecule has 0 radical (unpaired) electrons. The summed E-state index contributed by atoms with van der Waals surface area (Å²) < 4.78 is 15.3. The zero-order chi connectivity index (χ0) is 12.4. The molecule has 0 bridgehead atoms. The molecule has 90 valence electrons. The molecule has 1 aromatic heterocycles. The summed E-state index contributed by atoms with van der Waals surface area (Å²) >= 11 is 3.31. The number of benzene rings is 1. The van der Waals surface area contributed by atoms with E-state index in [1.165, 1.54) is 12.1 Å². The quantitative estimate of drug-likeness (QED) is 0.946. The number of aliphatic hydroxyl groups excluding tert-OH is 1. The third kappa shape index (κ3) is 2.92. The predicted molar refractivity (Wildman–Crippen MR) is 66.1 cm³/mol. The fourth-order valence-electron chi connectivity index (χ4n) is 1.51. The Bertz CT molecular complexity index is 525. The van der Waals surface area contributed by atoms with Gasteiger partial charge in [0.2, 0.25) is 0 Å². The van der Waals surface area contributed by atoms with Crippen molar-refractivity contribution >= 4 is 15.9 Å². The maximum atomic E-state index is 12.9. The molecule has 3 nitrogen and oxygen atoms in total. The van der Waals surface area contributed by atoms with Crippen LogP contribution in [0.4, 0.5) is 4.39 Å². The molecule has 0 saturated heterocycles. The molecule has 1 N–H and O–H groups in total. The zero-order valence-electron chi connectivity index (χ0n) is 9.27. The van der Waals surface area contributed by atoms with Gasteiger partial charge in [-0.2, -0.15) is 5.10 Å². The lowest BCUT2D eigenvalue weighted by Gasteiger charge is -2.05. The minimum atomic E-state index is -0.527. The standard InChI is InChI=1S/C12H12BrFN2O/c1-8(17)10-5-15-16(7-10)6-9-2-3-11(14)4-12(9)13/h2-5,7-8,17H,6H2,1H3. The van der Waals surface area contributed by atoms with E-state index in [0.717, 1.165) is 11.1 Å². The van der Waals surface area contributed by atoms with Crippen molar-refractivity contribution in [3.63, 3.8) is 0 Å². The van der Waals surface area contributed by atoms with Gasteiger partial charge in [0, 0.05) is 16.2 Å². The maximum absolute atomic E-state index is 12.9. The second-order valence-electron chi connectivity index (χ2n) is 3.88. The van der Waals surface area contributed by atoms with Gasteiger partial charge in [0.15, 0.2) is 0 Å². The fourth-order valence-corrected chi connectivity index (χ4v) is 1.98. The van der Waals surface area contributed by atoms with Crippen molar-refractivity contribution in [2.75, 3.05) is 0 Å². The third-order valence-corrected chi connectivity index (χ3v) is 3.22. The number of hydrogen-bond acceptors (Lipinski definition) is 2. The van der Waals surface area contributed by atoms with Gasteiger partial charge in [0.1, 0.15) is 5.82 Å². The minimum absolute atomic E-state index is 0.272. The summed E-state index contributed by atoms with van der Waals surface area (Å²) in [5.41, 5.74) is 1.70. The molecule has 0 spiro atoms. The Hall–Kier alpha value is -1.20. The van der Waals surface area contributed by atoms with Crippen molar-refractivity contribution in [1.29, 1.82) is 0 Å².